The van der Waals surface area contributed by atoms with Gasteiger partial charge in [0.1, 0.15) is 12.4 Å². The number of nitrogens with zero attached hydrogens (tertiary/aromatic N) is 4. The van der Waals surface area contributed by atoms with Crippen molar-refractivity contribution < 1.29 is 9.53 Å². The zero-order valence-corrected chi connectivity index (χ0v) is 17.3. The highest BCUT2D eigenvalue weighted by Crippen LogP contribution is 2.39. The number of hydrogen-bond acceptors (Lipinski definition) is 6. The fraction of sp³-hybridized carbons (Fsp3) is 0.391. The number of nitrogens with one attached hydrogen (secondary N) is 1. The van der Waals surface area contributed by atoms with Crippen LogP contribution in [0.3, 0.4) is 0 Å². The standard InChI is InChI=1S/C23H25N5O2/c1-14-12-28(21(27-14)18-3-4-18)23-25-10-16(11-26-23)9-24-8-7-17-5-6-19-20(15(17)2)13-30-22(19)29/h5-6,10-12,18,24H,3-4,7-9,13H2,1-2H3. The van der Waals surface area contributed by atoms with Crippen molar-refractivity contribution in [2.75, 3.05) is 6.54 Å². The van der Waals surface area contributed by atoms with Gasteiger partial charge in [0.25, 0.3) is 0 Å². The Morgan fingerprint density at radius 3 is 2.77 bits per heavy atom. The highest BCUT2D eigenvalue weighted by molar-refractivity contribution is 5.93. The molecule has 0 unspecified atom stereocenters. The lowest BCUT2D eigenvalue weighted by atomic mass is 9.97. The summed E-state index contributed by atoms with van der Waals surface area (Å²) in [5, 5.41) is 3.46. The Bertz CT molecular complexity index is 1100. The lowest BCUT2D eigenvalue weighted by Gasteiger charge is -2.10. The Morgan fingerprint density at radius 1 is 1.20 bits per heavy atom. The number of aromatic nitrogens is 4. The second kappa shape index (κ2) is 7.65. The third-order valence-corrected chi connectivity index (χ3v) is 5.88. The lowest BCUT2D eigenvalue weighted by Crippen LogP contribution is -2.18. The van der Waals surface area contributed by atoms with Crippen LogP contribution in [-0.4, -0.2) is 32.0 Å². The average Bonchev–Trinajstić information content (AvgIpc) is 3.42. The van der Waals surface area contributed by atoms with Gasteiger partial charge in [0, 0.05) is 42.2 Å². The molecule has 7 heteroatoms. The molecule has 2 aromatic heterocycles. The summed E-state index contributed by atoms with van der Waals surface area (Å²) < 4.78 is 7.16. The maximum absolute atomic E-state index is 11.7. The molecule has 0 bridgehead atoms. The largest absolute Gasteiger partial charge is 0.457 e. The van der Waals surface area contributed by atoms with Gasteiger partial charge >= 0.3 is 5.97 Å². The molecule has 7 nitrogen and oxygen atoms in total. The molecule has 0 radical (unpaired) electrons. The molecule has 0 atom stereocenters. The molecule has 0 spiro atoms. The fourth-order valence-electron chi connectivity index (χ4n) is 3.99. The number of imidazole rings is 1. The van der Waals surface area contributed by atoms with Crippen LogP contribution in [0.5, 0.6) is 0 Å². The maximum Gasteiger partial charge on any atom is 0.338 e. The molecule has 1 aromatic carbocycles. The molecular formula is C23H25N5O2. The summed E-state index contributed by atoms with van der Waals surface area (Å²) in [5.74, 6) is 2.11. The normalized spacial score (nSPS) is 15.3. The van der Waals surface area contributed by atoms with Gasteiger partial charge in [0.2, 0.25) is 5.95 Å². The molecule has 3 heterocycles. The van der Waals surface area contributed by atoms with Crippen LogP contribution in [0.1, 0.15) is 62.9 Å². The monoisotopic (exact) mass is 403 g/mol. The summed E-state index contributed by atoms with van der Waals surface area (Å²) in [5.41, 5.74) is 6.20. The first-order valence-corrected chi connectivity index (χ1v) is 10.5. The van der Waals surface area contributed by atoms with E-state index in [1.807, 2.05) is 42.2 Å². The van der Waals surface area contributed by atoms with Crippen LogP contribution in [0.2, 0.25) is 0 Å². The van der Waals surface area contributed by atoms with Gasteiger partial charge in [0.05, 0.1) is 11.3 Å². The number of hydrogen-bond donors (Lipinski definition) is 1. The molecule has 1 saturated carbocycles. The molecule has 1 fully saturated rings. The number of cyclic esters (lactones) is 1. The van der Waals surface area contributed by atoms with Crippen LogP contribution >= 0.6 is 0 Å². The van der Waals surface area contributed by atoms with Crippen LogP contribution in [0.25, 0.3) is 5.95 Å². The van der Waals surface area contributed by atoms with E-state index in [2.05, 4.69) is 27.2 Å². The van der Waals surface area contributed by atoms with Gasteiger partial charge in [-0.2, -0.15) is 0 Å². The molecule has 0 amide bonds. The van der Waals surface area contributed by atoms with Crippen LogP contribution < -0.4 is 5.32 Å². The minimum absolute atomic E-state index is 0.212. The van der Waals surface area contributed by atoms with Crippen LogP contribution in [0, 0.1) is 13.8 Å². The predicted molar refractivity (Wildman–Crippen MR) is 112 cm³/mol. The molecule has 0 saturated heterocycles. The van der Waals surface area contributed by atoms with E-state index in [1.165, 1.54) is 18.4 Å². The van der Waals surface area contributed by atoms with Crippen molar-refractivity contribution >= 4 is 5.97 Å². The van der Waals surface area contributed by atoms with Gasteiger partial charge < -0.3 is 10.1 Å². The van der Waals surface area contributed by atoms with E-state index < -0.39 is 0 Å². The number of benzene rings is 1. The van der Waals surface area contributed by atoms with Crippen LogP contribution in [0.4, 0.5) is 0 Å². The number of rotatable bonds is 7. The van der Waals surface area contributed by atoms with Gasteiger partial charge in [-0.3, -0.25) is 4.57 Å². The van der Waals surface area contributed by atoms with Gasteiger partial charge in [-0.25, -0.2) is 19.7 Å². The fourth-order valence-corrected chi connectivity index (χ4v) is 3.99. The lowest BCUT2D eigenvalue weighted by molar-refractivity contribution is 0.0535. The van der Waals surface area contributed by atoms with E-state index in [0.29, 0.717) is 30.6 Å². The van der Waals surface area contributed by atoms with Crippen molar-refractivity contribution in [3.63, 3.8) is 0 Å². The summed E-state index contributed by atoms with van der Waals surface area (Å²) in [4.78, 5) is 25.4. The van der Waals surface area contributed by atoms with Crippen molar-refractivity contribution in [2.45, 2.75) is 52.2 Å². The summed E-state index contributed by atoms with van der Waals surface area (Å²) >= 11 is 0. The van der Waals surface area contributed by atoms with Gasteiger partial charge in [-0.1, -0.05) is 6.07 Å². The number of ether oxygens (including phenoxy) is 1. The Kier molecular flexibility index (Phi) is 4.83. The van der Waals surface area contributed by atoms with Crippen LogP contribution in [0.15, 0.2) is 30.7 Å². The molecule has 1 aliphatic heterocycles. The summed E-state index contributed by atoms with van der Waals surface area (Å²) in [6.45, 7) is 6.02. The minimum Gasteiger partial charge on any atom is -0.457 e. The van der Waals surface area contributed by atoms with Gasteiger partial charge in [0.15, 0.2) is 0 Å². The van der Waals surface area contributed by atoms with E-state index >= 15 is 0 Å². The van der Waals surface area contributed by atoms with E-state index in [4.69, 9.17) is 4.74 Å². The van der Waals surface area contributed by atoms with Crippen molar-refractivity contribution in [3.8, 4) is 5.95 Å². The number of fused-ring (bicyclic) bond motifs is 1. The number of aryl methyl sites for hydroxylation is 1. The molecular weight excluding hydrogens is 378 g/mol. The Labute approximate surface area is 175 Å². The van der Waals surface area contributed by atoms with Gasteiger partial charge in [-0.15, -0.1) is 0 Å². The molecule has 2 aliphatic rings. The average molecular weight is 403 g/mol. The Hall–Kier alpha value is -3.06. The SMILES string of the molecule is Cc1cn(-c2ncc(CNCCc3ccc4c(c3C)COC4=O)cn2)c(C2CC2)n1. The molecule has 154 valence electrons. The molecule has 3 aromatic rings. The van der Waals surface area contributed by atoms with E-state index in [9.17, 15) is 4.79 Å². The van der Waals surface area contributed by atoms with Crippen molar-refractivity contribution in [1.29, 1.82) is 0 Å². The quantitative estimate of drug-likeness (QED) is 0.482. The minimum atomic E-state index is -0.212. The van der Waals surface area contributed by atoms with Crippen molar-refractivity contribution in [2.24, 2.45) is 0 Å². The zero-order valence-electron chi connectivity index (χ0n) is 17.3. The van der Waals surface area contributed by atoms with E-state index in [-0.39, 0.29) is 5.97 Å². The first kappa shape index (κ1) is 18.9. The third-order valence-electron chi connectivity index (χ3n) is 5.88. The Balaban J connectivity index is 1.18. The number of esters is 1. The molecule has 30 heavy (non-hydrogen) atoms. The summed E-state index contributed by atoms with van der Waals surface area (Å²) in [7, 11) is 0. The van der Waals surface area contributed by atoms with E-state index in [0.717, 1.165) is 41.2 Å². The summed E-state index contributed by atoms with van der Waals surface area (Å²) in [6.07, 6.45) is 9.07. The molecule has 5 rings (SSSR count). The predicted octanol–water partition coefficient (Wildman–Crippen LogP) is 3.16. The van der Waals surface area contributed by atoms with Crippen molar-refractivity contribution in [1.82, 2.24) is 24.8 Å². The molecule has 1 aliphatic carbocycles. The second-order valence-electron chi connectivity index (χ2n) is 8.15. The number of carbonyl (C=O) groups excluding carboxylic acids is 1. The first-order valence-electron chi connectivity index (χ1n) is 10.5. The first-order chi connectivity index (χ1) is 14.6. The smallest absolute Gasteiger partial charge is 0.338 e. The van der Waals surface area contributed by atoms with Crippen molar-refractivity contribution in [3.05, 3.63) is 70.1 Å². The third kappa shape index (κ3) is 3.61. The van der Waals surface area contributed by atoms with Gasteiger partial charge in [-0.05, 0) is 56.8 Å². The zero-order chi connectivity index (χ0) is 20.7. The Morgan fingerprint density at radius 2 is 2.00 bits per heavy atom. The highest BCUT2D eigenvalue weighted by atomic mass is 16.5. The maximum atomic E-state index is 11.7. The van der Waals surface area contributed by atoms with E-state index in [1.54, 1.807) is 0 Å². The second-order valence-corrected chi connectivity index (χ2v) is 8.15. The molecule has 1 N–H and O–H groups in total. The number of carbonyl (C=O) groups is 1. The summed E-state index contributed by atoms with van der Waals surface area (Å²) in [6, 6.07) is 3.91. The highest BCUT2D eigenvalue weighted by Gasteiger charge is 2.29. The topological polar surface area (TPSA) is 81.9 Å². The van der Waals surface area contributed by atoms with Crippen LogP contribution in [-0.2, 0) is 24.3 Å².